The number of rotatable bonds is 6. The molecule has 0 fully saturated rings. The first-order valence-electron chi connectivity index (χ1n) is 7.84. The van der Waals surface area contributed by atoms with Crippen LogP contribution in [0.25, 0.3) is 0 Å². The normalized spacial score (nSPS) is 12.6. The van der Waals surface area contributed by atoms with Crippen molar-refractivity contribution in [1.29, 1.82) is 0 Å². The summed E-state index contributed by atoms with van der Waals surface area (Å²) in [6.45, 7) is 10.8. The molecule has 2 aromatic heterocycles. The molecular weight excluding hydrogens is 435 g/mol. The van der Waals surface area contributed by atoms with E-state index in [1.165, 1.54) is 10.6 Å². The predicted molar refractivity (Wildman–Crippen MR) is 111 cm³/mol. The molecule has 6 nitrogen and oxygen atoms in total. The van der Waals surface area contributed by atoms with Gasteiger partial charge < -0.3 is 10.6 Å². The molecular formula is C16H27IN6S. The minimum Gasteiger partial charge on any atom is -0.356 e. The fraction of sp³-hybridized carbons (Fsp3) is 0.562. The van der Waals surface area contributed by atoms with Crippen molar-refractivity contribution in [3.05, 3.63) is 33.5 Å². The number of halogens is 1. The van der Waals surface area contributed by atoms with E-state index in [2.05, 4.69) is 57.2 Å². The van der Waals surface area contributed by atoms with E-state index in [4.69, 9.17) is 0 Å². The van der Waals surface area contributed by atoms with Crippen molar-refractivity contribution in [3.63, 3.8) is 0 Å². The Kier molecular flexibility index (Phi) is 8.68. The highest BCUT2D eigenvalue weighted by Crippen LogP contribution is 2.10. The first-order chi connectivity index (χ1) is 11.0. The molecule has 2 heterocycles. The number of hydrogen-bond donors (Lipinski definition) is 2. The molecule has 24 heavy (non-hydrogen) atoms. The molecule has 0 aliphatic carbocycles. The van der Waals surface area contributed by atoms with Gasteiger partial charge in [-0.15, -0.1) is 35.3 Å². The Hall–Kier alpha value is -1.16. The summed E-state index contributed by atoms with van der Waals surface area (Å²) in [6, 6.07) is 2.11. The van der Waals surface area contributed by atoms with Crippen molar-refractivity contribution in [3.8, 4) is 0 Å². The fourth-order valence-corrected chi connectivity index (χ4v) is 3.08. The SMILES string of the molecule is CN=C(NCc1ncc(C)s1)NCC(C)Cn1nc(C)cc1C.I. The maximum Gasteiger partial charge on any atom is 0.191 e. The molecule has 1 atom stereocenters. The van der Waals surface area contributed by atoms with Crippen LogP contribution in [0.5, 0.6) is 0 Å². The van der Waals surface area contributed by atoms with Crippen LogP contribution in [0.3, 0.4) is 0 Å². The summed E-state index contributed by atoms with van der Waals surface area (Å²) < 4.78 is 2.07. The zero-order chi connectivity index (χ0) is 16.8. The molecule has 134 valence electrons. The van der Waals surface area contributed by atoms with Gasteiger partial charge in [-0.3, -0.25) is 9.67 Å². The predicted octanol–water partition coefficient (Wildman–Crippen LogP) is 2.88. The molecule has 0 saturated carbocycles. The molecule has 0 spiro atoms. The zero-order valence-electron chi connectivity index (χ0n) is 15.0. The highest BCUT2D eigenvalue weighted by Gasteiger charge is 2.08. The highest BCUT2D eigenvalue weighted by molar-refractivity contribution is 14.0. The molecule has 2 aromatic rings. The van der Waals surface area contributed by atoms with Crippen LogP contribution < -0.4 is 10.6 Å². The third kappa shape index (κ3) is 6.39. The number of aliphatic imine (C=N–C) groups is 1. The van der Waals surface area contributed by atoms with Crippen LogP contribution in [0, 0.1) is 26.7 Å². The minimum absolute atomic E-state index is 0. The molecule has 0 aliphatic heterocycles. The Morgan fingerprint density at radius 2 is 2.08 bits per heavy atom. The number of aryl methyl sites for hydroxylation is 3. The van der Waals surface area contributed by atoms with Crippen LogP contribution in [0.2, 0.25) is 0 Å². The van der Waals surface area contributed by atoms with Gasteiger partial charge in [-0.25, -0.2) is 4.98 Å². The summed E-state index contributed by atoms with van der Waals surface area (Å²) in [5.74, 6) is 1.26. The number of hydrogen-bond acceptors (Lipinski definition) is 4. The second kappa shape index (κ2) is 9.97. The van der Waals surface area contributed by atoms with E-state index in [1.54, 1.807) is 18.4 Å². The van der Waals surface area contributed by atoms with Crippen molar-refractivity contribution in [2.24, 2.45) is 10.9 Å². The summed E-state index contributed by atoms with van der Waals surface area (Å²) in [5.41, 5.74) is 2.27. The van der Waals surface area contributed by atoms with Gasteiger partial charge in [-0.2, -0.15) is 5.10 Å². The number of aromatic nitrogens is 3. The van der Waals surface area contributed by atoms with E-state index in [0.29, 0.717) is 12.5 Å². The van der Waals surface area contributed by atoms with Gasteiger partial charge in [0.05, 0.1) is 12.2 Å². The van der Waals surface area contributed by atoms with Gasteiger partial charge in [0, 0.05) is 36.9 Å². The van der Waals surface area contributed by atoms with Crippen LogP contribution in [0.4, 0.5) is 0 Å². The van der Waals surface area contributed by atoms with Gasteiger partial charge in [-0.05, 0) is 32.8 Å². The van der Waals surface area contributed by atoms with Crippen LogP contribution in [0.1, 0.15) is 28.2 Å². The van der Waals surface area contributed by atoms with Gasteiger partial charge in [0.2, 0.25) is 0 Å². The Morgan fingerprint density at radius 1 is 1.33 bits per heavy atom. The smallest absolute Gasteiger partial charge is 0.191 e. The number of thiazole rings is 1. The van der Waals surface area contributed by atoms with E-state index in [1.807, 2.05) is 13.1 Å². The Balaban J connectivity index is 0.00000288. The third-order valence-corrected chi connectivity index (χ3v) is 4.42. The Morgan fingerprint density at radius 3 is 2.62 bits per heavy atom. The van der Waals surface area contributed by atoms with Gasteiger partial charge >= 0.3 is 0 Å². The van der Waals surface area contributed by atoms with E-state index in [0.717, 1.165) is 29.8 Å². The maximum atomic E-state index is 4.51. The van der Waals surface area contributed by atoms with Crippen LogP contribution in [-0.2, 0) is 13.1 Å². The molecule has 1 unspecified atom stereocenters. The van der Waals surface area contributed by atoms with Gasteiger partial charge in [0.1, 0.15) is 5.01 Å². The van der Waals surface area contributed by atoms with E-state index < -0.39 is 0 Å². The molecule has 0 bridgehead atoms. The van der Waals surface area contributed by atoms with Crippen molar-refractivity contribution in [1.82, 2.24) is 25.4 Å². The third-order valence-electron chi connectivity index (χ3n) is 3.51. The second-order valence-corrected chi connectivity index (χ2v) is 7.21. The van der Waals surface area contributed by atoms with Crippen LogP contribution in [0.15, 0.2) is 17.3 Å². The first-order valence-corrected chi connectivity index (χ1v) is 8.66. The lowest BCUT2D eigenvalue weighted by molar-refractivity contribution is 0.436. The van der Waals surface area contributed by atoms with Crippen molar-refractivity contribution < 1.29 is 0 Å². The largest absolute Gasteiger partial charge is 0.356 e. The molecule has 0 amide bonds. The summed E-state index contributed by atoms with van der Waals surface area (Å²) in [4.78, 5) is 9.83. The Bertz CT molecular complexity index is 663. The Labute approximate surface area is 165 Å². The second-order valence-electron chi connectivity index (χ2n) is 5.89. The summed E-state index contributed by atoms with van der Waals surface area (Å²) in [6.07, 6.45) is 1.90. The topological polar surface area (TPSA) is 67.1 Å². The quantitative estimate of drug-likeness (QED) is 0.394. The van der Waals surface area contributed by atoms with Crippen molar-refractivity contribution in [2.75, 3.05) is 13.6 Å². The molecule has 2 N–H and O–H groups in total. The number of guanidine groups is 1. The lowest BCUT2D eigenvalue weighted by atomic mass is 10.2. The summed E-state index contributed by atoms with van der Waals surface area (Å²) in [5, 5.41) is 12.2. The fourth-order valence-electron chi connectivity index (χ4n) is 2.35. The summed E-state index contributed by atoms with van der Waals surface area (Å²) in [7, 11) is 1.79. The molecule has 0 aliphatic rings. The number of nitrogens with one attached hydrogen (secondary N) is 2. The standard InChI is InChI=1S/C16H26N6S.HI/c1-11(10-22-13(3)6-12(2)21-22)7-19-16(17-5)20-9-15-18-8-14(4)23-15;/h6,8,11H,7,9-10H2,1-5H3,(H2,17,19,20);1H. The number of nitrogens with zero attached hydrogens (tertiary/aromatic N) is 4. The van der Waals surface area contributed by atoms with Gasteiger partial charge in [0.15, 0.2) is 5.96 Å². The molecule has 2 rings (SSSR count). The first kappa shape index (κ1) is 20.9. The average molecular weight is 462 g/mol. The van der Waals surface area contributed by atoms with E-state index in [9.17, 15) is 0 Å². The van der Waals surface area contributed by atoms with E-state index >= 15 is 0 Å². The maximum absolute atomic E-state index is 4.51. The molecule has 0 radical (unpaired) electrons. The highest BCUT2D eigenvalue weighted by atomic mass is 127. The lowest BCUT2D eigenvalue weighted by Gasteiger charge is -2.16. The minimum atomic E-state index is 0. The van der Waals surface area contributed by atoms with Crippen molar-refractivity contribution >= 4 is 41.3 Å². The van der Waals surface area contributed by atoms with Gasteiger partial charge in [-0.1, -0.05) is 6.92 Å². The molecule has 0 aromatic carbocycles. The van der Waals surface area contributed by atoms with Crippen molar-refractivity contribution in [2.45, 2.75) is 40.8 Å². The molecule has 8 heteroatoms. The monoisotopic (exact) mass is 462 g/mol. The van der Waals surface area contributed by atoms with Crippen LogP contribution in [-0.4, -0.2) is 34.3 Å². The van der Waals surface area contributed by atoms with E-state index in [-0.39, 0.29) is 24.0 Å². The lowest BCUT2D eigenvalue weighted by Crippen LogP contribution is -2.39. The molecule has 0 saturated heterocycles. The average Bonchev–Trinajstić information content (AvgIpc) is 3.05. The zero-order valence-corrected chi connectivity index (χ0v) is 18.1. The van der Waals surface area contributed by atoms with Gasteiger partial charge in [0.25, 0.3) is 0 Å². The summed E-state index contributed by atoms with van der Waals surface area (Å²) >= 11 is 1.70. The van der Waals surface area contributed by atoms with Crippen LogP contribution >= 0.6 is 35.3 Å².